The van der Waals surface area contributed by atoms with Crippen molar-refractivity contribution in [3.8, 4) is 5.75 Å². The molecule has 1 saturated carbocycles. The van der Waals surface area contributed by atoms with Crippen molar-refractivity contribution in [3.63, 3.8) is 0 Å². The molecule has 2 aromatic rings. The number of ether oxygens (including phenoxy) is 1. The molecule has 1 unspecified atom stereocenters. The zero-order valence-corrected chi connectivity index (χ0v) is 23.1. The number of carbonyl (C=O) groups excluding carboxylic acids is 1. The van der Waals surface area contributed by atoms with E-state index in [4.69, 9.17) is 10.5 Å². The van der Waals surface area contributed by atoms with Gasteiger partial charge in [-0.15, -0.1) is 0 Å². The van der Waals surface area contributed by atoms with E-state index in [1.54, 1.807) is 13.0 Å². The van der Waals surface area contributed by atoms with Crippen LogP contribution in [0.15, 0.2) is 89.8 Å². The highest BCUT2D eigenvalue weighted by molar-refractivity contribution is 7.90. The summed E-state index contributed by atoms with van der Waals surface area (Å²) in [6, 6.07) is 3.61. The number of halogens is 3. The van der Waals surface area contributed by atoms with Gasteiger partial charge >= 0.3 is 0 Å². The van der Waals surface area contributed by atoms with E-state index in [1.807, 2.05) is 0 Å². The average Bonchev–Trinajstić information content (AvgIpc) is 3.72. The number of carbonyl (C=O) groups is 1. The highest BCUT2D eigenvalue weighted by Crippen LogP contribution is 2.30. The van der Waals surface area contributed by atoms with Crippen molar-refractivity contribution in [2.45, 2.75) is 31.2 Å². The number of sulfonamides is 1. The van der Waals surface area contributed by atoms with E-state index in [-0.39, 0.29) is 40.6 Å². The number of rotatable bonds is 8. The molecule has 0 bridgehead atoms. The summed E-state index contributed by atoms with van der Waals surface area (Å²) < 4.78 is 76.2. The Hall–Kier alpha value is -4.72. The maximum atomic E-state index is 14.9. The lowest BCUT2D eigenvalue weighted by atomic mass is 10.1. The zero-order valence-electron chi connectivity index (χ0n) is 22.3. The van der Waals surface area contributed by atoms with Crippen LogP contribution in [-0.2, 0) is 10.0 Å². The standard InChI is InChI=1S/C28H27F3N6O4S/c1-15-10-20(30)21(36-42(39,40)17-6-7-17)8-9-33-22(11-15)27(38)18-13-35-37(28(18)32)23-14-34-25(12-16(23)2)41-24-5-3-4-19(29)26(24)31/h3-5,8,10-14,17,25,33-34,36H,1,6-7,9,32H2,2H3/b20-10?,21-8+,22-11-. The van der Waals surface area contributed by atoms with E-state index in [1.165, 1.54) is 41.4 Å². The lowest BCUT2D eigenvalue weighted by molar-refractivity contribution is 0.102. The number of nitrogens with one attached hydrogen (secondary N) is 3. The Kier molecular flexibility index (Phi) is 7.73. The van der Waals surface area contributed by atoms with Crippen molar-refractivity contribution in [1.29, 1.82) is 0 Å². The number of nitrogens with two attached hydrogens (primary N) is 1. The van der Waals surface area contributed by atoms with E-state index < -0.39 is 44.7 Å². The number of dihydropyridines is 1. The van der Waals surface area contributed by atoms with Crippen LogP contribution in [0.4, 0.5) is 19.0 Å². The summed E-state index contributed by atoms with van der Waals surface area (Å²) in [7, 11) is -3.71. The highest BCUT2D eigenvalue weighted by Gasteiger charge is 2.36. The topological polar surface area (TPSA) is 140 Å². The monoisotopic (exact) mass is 600 g/mol. The van der Waals surface area contributed by atoms with Crippen LogP contribution in [0.2, 0.25) is 0 Å². The third kappa shape index (κ3) is 5.98. The molecule has 14 heteroatoms. The minimum Gasteiger partial charge on any atom is -0.464 e. The molecule has 5 N–H and O–H groups in total. The van der Waals surface area contributed by atoms with Crippen LogP contribution < -0.4 is 25.8 Å². The summed E-state index contributed by atoms with van der Waals surface area (Å²) in [5.41, 5.74) is 7.32. The number of hydrogen-bond donors (Lipinski definition) is 4. The second kappa shape index (κ2) is 11.3. The first kappa shape index (κ1) is 28.8. The first-order valence-electron chi connectivity index (χ1n) is 12.8. The van der Waals surface area contributed by atoms with Gasteiger partial charge in [-0.25, -0.2) is 21.9 Å². The number of anilines is 1. The SMILES string of the molecule is C=C1C=C(F)/C(NS(=O)(=O)C2CC2)=C\CN/C(C(=O)c2cnn(C3=CNC(Oc4cccc(F)c4F)C=C3C)c2N)=C\1. The Morgan fingerprint density at radius 2 is 2.00 bits per heavy atom. The van der Waals surface area contributed by atoms with Crippen molar-refractivity contribution in [1.82, 2.24) is 25.1 Å². The molecule has 0 amide bonds. The third-order valence-corrected chi connectivity index (χ3v) is 8.45. The van der Waals surface area contributed by atoms with Crippen LogP contribution in [0, 0.1) is 11.6 Å². The Morgan fingerprint density at radius 3 is 2.71 bits per heavy atom. The van der Waals surface area contributed by atoms with Crippen LogP contribution in [0.5, 0.6) is 5.75 Å². The van der Waals surface area contributed by atoms with Gasteiger partial charge in [-0.05, 0) is 67.3 Å². The normalized spacial score (nSPS) is 21.9. The molecule has 220 valence electrons. The Bertz CT molecular complexity index is 1730. The molecule has 2 aliphatic heterocycles. The van der Waals surface area contributed by atoms with Gasteiger partial charge in [0.25, 0.3) is 0 Å². The smallest absolute Gasteiger partial charge is 0.235 e. The van der Waals surface area contributed by atoms with Crippen molar-refractivity contribution < 1.29 is 31.1 Å². The van der Waals surface area contributed by atoms with E-state index in [9.17, 15) is 26.4 Å². The number of allylic oxidation sites excluding steroid dienone is 7. The molecular formula is C28H27F3N6O4S. The number of aromatic nitrogens is 2. The molecule has 42 heavy (non-hydrogen) atoms. The molecule has 1 aliphatic carbocycles. The Balaban J connectivity index is 1.32. The molecule has 1 fully saturated rings. The number of benzene rings is 1. The van der Waals surface area contributed by atoms with Crippen LogP contribution in [-0.4, -0.2) is 42.0 Å². The van der Waals surface area contributed by atoms with Gasteiger partial charge in [-0.3, -0.25) is 9.52 Å². The predicted octanol–water partition coefficient (Wildman–Crippen LogP) is 3.54. The van der Waals surface area contributed by atoms with Gasteiger partial charge < -0.3 is 21.1 Å². The average molecular weight is 601 g/mol. The van der Waals surface area contributed by atoms with Crippen LogP contribution in [0.3, 0.4) is 0 Å². The summed E-state index contributed by atoms with van der Waals surface area (Å²) in [6.07, 6.45) is 8.24. The van der Waals surface area contributed by atoms with Gasteiger partial charge in [0, 0.05) is 12.7 Å². The van der Waals surface area contributed by atoms with Crippen molar-refractivity contribution in [2.75, 3.05) is 12.3 Å². The lowest BCUT2D eigenvalue weighted by Crippen LogP contribution is -2.32. The van der Waals surface area contributed by atoms with Crippen molar-refractivity contribution >= 4 is 27.3 Å². The third-order valence-electron chi connectivity index (χ3n) is 6.60. The van der Waals surface area contributed by atoms with Crippen molar-refractivity contribution in [3.05, 3.63) is 107 Å². The first-order chi connectivity index (χ1) is 19.9. The van der Waals surface area contributed by atoms with Gasteiger partial charge in [-0.1, -0.05) is 12.6 Å². The highest BCUT2D eigenvalue weighted by atomic mass is 32.2. The molecule has 3 heterocycles. The fraction of sp³-hybridized carbons (Fsp3) is 0.214. The zero-order chi connectivity index (χ0) is 30.2. The fourth-order valence-electron chi connectivity index (χ4n) is 4.24. The molecule has 0 spiro atoms. The van der Waals surface area contributed by atoms with Crippen LogP contribution in [0.1, 0.15) is 30.1 Å². The molecule has 1 atom stereocenters. The molecule has 3 aliphatic rings. The summed E-state index contributed by atoms with van der Waals surface area (Å²) in [5.74, 6) is -3.82. The number of nitrogens with zero attached hydrogens (tertiary/aromatic N) is 2. The van der Waals surface area contributed by atoms with Gasteiger partial charge in [0.1, 0.15) is 11.6 Å². The summed E-state index contributed by atoms with van der Waals surface area (Å²) in [5, 5.41) is 9.46. The number of hydrogen-bond acceptors (Lipinski definition) is 8. The van der Waals surface area contributed by atoms with Gasteiger partial charge in [-0.2, -0.15) is 9.49 Å². The second-order valence-electron chi connectivity index (χ2n) is 9.79. The van der Waals surface area contributed by atoms with Crippen molar-refractivity contribution in [2.24, 2.45) is 0 Å². The van der Waals surface area contributed by atoms with Gasteiger partial charge in [0.05, 0.1) is 34.1 Å². The largest absolute Gasteiger partial charge is 0.464 e. The summed E-state index contributed by atoms with van der Waals surface area (Å²) >= 11 is 0. The maximum absolute atomic E-state index is 14.9. The molecular weight excluding hydrogens is 573 g/mol. The summed E-state index contributed by atoms with van der Waals surface area (Å²) in [6.45, 7) is 5.40. The lowest BCUT2D eigenvalue weighted by Gasteiger charge is -2.23. The van der Waals surface area contributed by atoms with Crippen LogP contribution in [0.25, 0.3) is 5.70 Å². The van der Waals surface area contributed by atoms with E-state index in [0.717, 1.165) is 12.1 Å². The maximum Gasteiger partial charge on any atom is 0.235 e. The van der Waals surface area contributed by atoms with E-state index >= 15 is 0 Å². The molecule has 0 saturated heterocycles. The van der Waals surface area contributed by atoms with E-state index in [0.29, 0.717) is 24.1 Å². The minimum atomic E-state index is -3.71. The first-order valence-corrected chi connectivity index (χ1v) is 14.4. The van der Waals surface area contributed by atoms with Gasteiger partial charge in [0.15, 0.2) is 17.8 Å². The molecule has 5 rings (SSSR count). The minimum absolute atomic E-state index is 0.000301. The Labute approximate surface area is 239 Å². The van der Waals surface area contributed by atoms with Gasteiger partial charge in [0.2, 0.25) is 21.6 Å². The molecule has 1 aromatic carbocycles. The molecule has 1 aromatic heterocycles. The Morgan fingerprint density at radius 1 is 1.24 bits per heavy atom. The summed E-state index contributed by atoms with van der Waals surface area (Å²) in [4.78, 5) is 13.4. The van der Waals surface area contributed by atoms with Crippen LogP contribution >= 0.6 is 0 Å². The fourth-order valence-corrected chi connectivity index (χ4v) is 5.65. The number of ketones is 1. The predicted molar refractivity (Wildman–Crippen MR) is 150 cm³/mol. The number of Topliss-reactive ketones (excluding diaryl/α,β-unsaturated/α-hetero) is 1. The second-order valence-corrected chi connectivity index (χ2v) is 11.8. The quantitative estimate of drug-likeness (QED) is 0.338. The molecule has 0 radical (unpaired) electrons. The molecule has 10 nitrogen and oxygen atoms in total. The number of nitrogen functional groups attached to an aromatic ring is 1. The van der Waals surface area contributed by atoms with E-state index in [2.05, 4.69) is 27.0 Å².